The van der Waals surface area contributed by atoms with Crippen molar-refractivity contribution in [3.8, 4) is 11.9 Å². The summed E-state index contributed by atoms with van der Waals surface area (Å²) in [7, 11) is 0. The van der Waals surface area contributed by atoms with E-state index in [0.29, 0.717) is 11.5 Å². The van der Waals surface area contributed by atoms with E-state index in [1.54, 1.807) is 11.3 Å². The van der Waals surface area contributed by atoms with Crippen LogP contribution in [0.5, 0.6) is 5.88 Å². The summed E-state index contributed by atoms with van der Waals surface area (Å²) in [6, 6.07) is 6.19. The molecule has 2 aromatic rings. The van der Waals surface area contributed by atoms with Gasteiger partial charge in [0, 0.05) is 10.6 Å². The molecule has 0 radical (unpaired) electrons. The van der Waals surface area contributed by atoms with E-state index >= 15 is 0 Å². The molecule has 0 bridgehead atoms. The number of H-pyrrole nitrogens is 1. The molecule has 7 heteroatoms. The first-order chi connectivity index (χ1) is 10.7. The van der Waals surface area contributed by atoms with Crippen molar-refractivity contribution < 1.29 is 4.74 Å². The van der Waals surface area contributed by atoms with Crippen molar-refractivity contribution in [2.45, 2.75) is 32.1 Å². The number of aromatic nitrogens is 2. The van der Waals surface area contributed by atoms with Crippen molar-refractivity contribution in [2.75, 3.05) is 0 Å². The fourth-order valence-corrected chi connectivity index (χ4v) is 4.16. The third kappa shape index (κ3) is 2.53. The van der Waals surface area contributed by atoms with E-state index in [4.69, 9.17) is 10.5 Å². The molecule has 0 fully saturated rings. The zero-order chi connectivity index (χ0) is 15.7. The smallest absolute Gasteiger partial charge is 0.244 e. The first kappa shape index (κ1) is 15.1. The number of aryl methyl sites for hydroxylation is 1. The van der Waals surface area contributed by atoms with Crippen LogP contribution in [0.4, 0.5) is 0 Å². The minimum Gasteiger partial charge on any atom is -0.420 e. The van der Waals surface area contributed by atoms with Gasteiger partial charge in [0.2, 0.25) is 11.8 Å². The SMILES string of the molecule is CCCCc1[nH]nc2c1C(c1ccc(Br)s1)C(C#N)=C(N)O2. The Bertz CT molecular complexity index is 771. The summed E-state index contributed by atoms with van der Waals surface area (Å²) in [4.78, 5) is 1.05. The molecular formula is C15H15BrN4OS. The molecule has 1 atom stereocenters. The first-order valence-electron chi connectivity index (χ1n) is 7.05. The molecule has 0 amide bonds. The quantitative estimate of drug-likeness (QED) is 0.846. The van der Waals surface area contributed by atoms with Crippen LogP contribution in [0, 0.1) is 11.3 Å². The molecule has 1 unspecified atom stereocenters. The molecule has 22 heavy (non-hydrogen) atoms. The predicted octanol–water partition coefficient (Wildman–Crippen LogP) is 3.79. The van der Waals surface area contributed by atoms with E-state index in [1.165, 1.54) is 0 Å². The number of aromatic amines is 1. The van der Waals surface area contributed by atoms with Gasteiger partial charge in [0.25, 0.3) is 0 Å². The molecule has 1 aliphatic heterocycles. The van der Waals surface area contributed by atoms with E-state index in [2.05, 4.69) is 39.1 Å². The van der Waals surface area contributed by atoms with Crippen molar-refractivity contribution in [2.24, 2.45) is 5.73 Å². The molecule has 5 nitrogen and oxygen atoms in total. The van der Waals surface area contributed by atoms with Crippen LogP contribution >= 0.6 is 27.3 Å². The van der Waals surface area contributed by atoms with Crippen LogP contribution in [0.3, 0.4) is 0 Å². The Labute approximate surface area is 140 Å². The van der Waals surface area contributed by atoms with Gasteiger partial charge in [-0.25, -0.2) is 0 Å². The highest BCUT2D eigenvalue weighted by atomic mass is 79.9. The Kier molecular flexibility index (Phi) is 4.23. The predicted molar refractivity (Wildman–Crippen MR) is 88.5 cm³/mol. The van der Waals surface area contributed by atoms with Gasteiger partial charge in [0.15, 0.2) is 0 Å². The molecule has 3 N–H and O–H groups in total. The van der Waals surface area contributed by atoms with E-state index < -0.39 is 0 Å². The van der Waals surface area contributed by atoms with Crippen LogP contribution in [0.1, 0.15) is 41.8 Å². The number of fused-ring (bicyclic) bond motifs is 1. The molecule has 2 aromatic heterocycles. The zero-order valence-corrected chi connectivity index (χ0v) is 14.4. The number of halogens is 1. The molecule has 114 valence electrons. The van der Waals surface area contributed by atoms with Gasteiger partial charge in [0.05, 0.1) is 15.3 Å². The van der Waals surface area contributed by atoms with Gasteiger partial charge in [-0.15, -0.1) is 16.4 Å². The molecule has 3 heterocycles. The second-order valence-electron chi connectivity index (χ2n) is 5.09. The number of hydrogen-bond acceptors (Lipinski definition) is 5. The summed E-state index contributed by atoms with van der Waals surface area (Å²) >= 11 is 5.07. The molecule has 0 saturated heterocycles. The molecule has 0 aliphatic carbocycles. The Morgan fingerprint density at radius 2 is 2.36 bits per heavy atom. The van der Waals surface area contributed by atoms with Gasteiger partial charge in [-0.3, -0.25) is 5.10 Å². The molecule has 0 spiro atoms. The zero-order valence-electron chi connectivity index (χ0n) is 12.0. The number of ether oxygens (including phenoxy) is 1. The summed E-state index contributed by atoms with van der Waals surface area (Å²) in [5, 5.41) is 16.8. The van der Waals surface area contributed by atoms with Gasteiger partial charge >= 0.3 is 0 Å². The van der Waals surface area contributed by atoms with Crippen molar-refractivity contribution >= 4 is 27.3 Å². The summed E-state index contributed by atoms with van der Waals surface area (Å²) in [6.07, 6.45) is 3.02. The van der Waals surface area contributed by atoms with Crippen LogP contribution in [-0.2, 0) is 6.42 Å². The number of nitriles is 1. The fourth-order valence-electron chi connectivity index (χ4n) is 2.62. The molecule has 1 aliphatic rings. The number of hydrogen-bond donors (Lipinski definition) is 2. The number of nitrogens with one attached hydrogen (secondary N) is 1. The lowest BCUT2D eigenvalue weighted by molar-refractivity contribution is 0.379. The lowest BCUT2D eigenvalue weighted by Crippen LogP contribution is -2.20. The number of thiophene rings is 1. The maximum atomic E-state index is 9.52. The number of allylic oxidation sites excluding steroid dienone is 1. The maximum absolute atomic E-state index is 9.52. The van der Waals surface area contributed by atoms with Crippen molar-refractivity contribution in [3.05, 3.63) is 43.5 Å². The number of rotatable bonds is 4. The number of unbranched alkanes of at least 4 members (excludes halogenated alkanes) is 1. The lowest BCUT2D eigenvalue weighted by Gasteiger charge is -2.22. The van der Waals surface area contributed by atoms with Gasteiger partial charge in [-0.2, -0.15) is 5.26 Å². The fraction of sp³-hybridized carbons (Fsp3) is 0.333. The molecule has 0 saturated carbocycles. The van der Waals surface area contributed by atoms with Crippen LogP contribution in [0.15, 0.2) is 27.4 Å². The van der Waals surface area contributed by atoms with Crippen LogP contribution in [-0.4, -0.2) is 10.2 Å². The number of nitrogens with two attached hydrogens (primary N) is 1. The summed E-state index contributed by atoms with van der Waals surface area (Å²) in [6.45, 7) is 2.14. The van der Waals surface area contributed by atoms with Crippen molar-refractivity contribution in [3.63, 3.8) is 0 Å². The topological polar surface area (TPSA) is 87.7 Å². The highest BCUT2D eigenvalue weighted by Gasteiger charge is 2.35. The Morgan fingerprint density at radius 3 is 3.00 bits per heavy atom. The largest absolute Gasteiger partial charge is 0.420 e. The van der Waals surface area contributed by atoms with Gasteiger partial charge in [-0.05, 0) is 40.9 Å². The minimum atomic E-state index is -0.212. The van der Waals surface area contributed by atoms with Crippen molar-refractivity contribution in [1.82, 2.24) is 10.2 Å². The Morgan fingerprint density at radius 1 is 1.55 bits per heavy atom. The highest BCUT2D eigenvalue weighted by molar-refractivity contribution is 9.11. The van der Waals surface area contributed by atoms with Crippen molar-refractivity contribution in [1.29, 1.82) is 5.26 Å². The average molecular weight is 379 g/mol. The van der Waals surface area contributed by atoms with E-state index in [9.17, 15) is 5.26 Å². The van der Waals surface area contributed by atoms with Gasteiger partial charge in [0.1, 0.15) is 11.6 Å². The Hall–Kier alpha value is -1.78. The second-order valence-corrected chi connectivity index (χ2v) is 7.59. The highest BCUT2D eigenvalue weighted by Crippen LogP contribution is 2.45. The Balaban J connectivity index is 2.13. The third-order valence-corrected chi connectivity index (χ3v) is 5.37. The summed E-state index contributed by atoms with van der Waals surface area (Å²) < 4.78 is 6.56. The minimum absolute atomic E-state index is 0.137. The van der Waals surface area contributed by atoms with Crippen LogP contribution in [0.25, 0.3) is 0 Å². The first-order valence-corrected chi connectivity index (χ1v) is 8.66. The van der Waals surface area contributed by atoms with Crippen LogP contribution < -0.4 is 10.5 Å². The molecule has 0 aromatic carbocycles. The van der Waals surface area contributed by atoms with Crippen LogP contribution in [0.2, 0.25) is 0 Å². The van der Waals surface area contributed by atoms with E-state index in [-0.39, 0.29) is 11.8 Å². The normalized spacial score (nSPS) is 17.0. The number of nitrogens with zero attached hydrogens (tertiary/aromatic N) is 2. The maximum Gasteiger partial charge on any atom is 0.244 e. The van der Waals surface area contributed by atoms with E-state index in [1.807, 2.05) is 12.1 Å². The monoisotopic (exact) mass is 378 g/mol. The summed E-state index contributed by atoms with van der Waals surface area (Å²) in [5.74, 6) is 0.408. The molecule has 3 rings (SSSR count). The second kappa shape index (κ2) is 6.15. The average Bonchev–Trinajstić information content (AvgIpc) is 3.10. The molecular weight excluding hydrogens is 364 g/mol. The van der Waals surface area contributed by atoms with E-state index in [0.717, 1.165) is 39.2 Å². The van der Waals surface area contributed by atoms with Gasteiger partial charge < -0.3 is 10.5 Å². The standard InChI is InChI=1S/C15H15BrN4OS/c1-2-3-4-9-13-12(10-5-6-11(16)22-10)8(7-17)14(18)21-15(13)20-19-9/h5-6,12H,2-4,18H2,1H3,(H,19,20). The van der Waals surface area contributed by atoms with Gasteiger partial charge in [-0.1, -0.05) is 13.3 Å². The summed E-state index contributed by atoms with van der Waals surface area (Å²) in [5.41, 5.74) is 8.33. The third-order valence-electron chi connectivity index (χ3n) is 3.68. The lowest BCUT2D eigenvalue weighted by atomic mass is 9.88.